The van der Waals surface area contributed by atoms with Crippen molar-refractivity contribution in [1.82, 2.24) is 48.3 Å². The maximum atomic E-state index is 15.0. The lowest BCUT2D eigenvalue weighted by Gasteiger charge is -2.70. The molecule has 4 bridgehead atoms. The third kappa shape index (κ3) is 19.0. The zero-order valence-electron chi connectivity index (χ0n) is 66.8. The fraction of sp³-hybridized carbons (Fsp3) is 0.488. The van der Waals surface area contributed by atoms with Gasteiger partial charge < -0.3 is 79.9 Å². The van der Waals surface area contributed by atoms with E-state index in [-0.39, 0.29) is 69.1 Å². The minimum absolute atomic E-state index is 0.0406. The molecular weight excluding hydrogens is 1630 g/mol. The molecule has 0 unspecified atom stereocenters. The monoisotopic (exact) mass is 1720 g/mol. The summed E-state index contributed by atoms with van der Waals surface area (Å²) in [5.74, 6) is -12.6. The largest absolute Gasteiger partial charge is 0.542 e. The van der Waals surface area contributed by atoms with Gasteiger partial charge in [0.1, 0.15) is 11.9 Å². The lowest BCUT2D eigenvalue weighted by molar-refractivity contribution is -0.924. The third-order valence-corrected chi connectivity index (χ3v) is 24.7. The van der Waals surface area contributed by atoms with Gasteiger partial charge in [0.05, 0.1) is 77.1 Å². The first-order chi connectivity index (χ1) is 57.4. The van der Waals surface area contributed by atoms with Gasteiger partial charge in [-0.25, -0.2) is 28.7 Å². The van der Waals surface area contributed by atoms with Gasteiger partial charge in [-0.05, 0) is 123 Å². The fourth-order valence-corrected chi connectivity index (χ4v) is 19.3. The predicted octanol–water partition coefficient (Wildman–Crippen LogP) is 9.81. The SMILES string of the molecule is CCc1cc(Nc2nccn3c(-c4ccc(OC(F)F)c(F)c4F)cnc23)ccc1C(=O)N1CCN(C(=O)C2CC[N+](C)(CC34CC(N)(C3)C4)CC2)CC1.CCc1cc(Nc2nccn3c(-c4ccc(OC(F)F)c(F)c4F)cnc23)ccc1C(=O)N1CCN(C(=O)C2CC[N+](C)(CC34CC(N)(C3)C4)CC2)CC1.O=C([O-])C(F)(F)F.O=C([O-])C(F)(F)F. The summed E-state index contributed by atoms with van der Waals surface area (Å²) in [6, 6.07) is 15.0. The van der Waals surface area contributed by atoms with E-state index in [4.69, 9.17) is 31.3 Å². The Labute approximate surface area is 689 Å². The van der Waals surface area contributed by atoms with Crippen LogP contribution in [0.15, 0.2) is 97.8 Å². The molecule has 18 rings (SSSR count). The summed E-state index contributed by atoms with van der Waals surface area (Å²) in [7, 11) is 4.67. The second kappa shape index (κ2) is 34.4. The van der Waals surface area contributed by atoms with Crippen LogP contribution in [-0.2, 0) is 32.0 Å². The van der Waals surface area contributed by atoms with E-state index in [1.165, 1.54) is 59.1 Å². The number of likely N-dealkylation sites (tertiary alicyclic amines) is 2. The number of piperidine rings is 2. The van der Waals surface area contributed by atoms with E-state index in [2.05, 4.69) is 54.1 Å². The number of halogens is 14. The zero-order valence-corrected chi connectivity index (χ0v) is 66.8. The van der Waals surface area contributed by atoms with Gasteiger partial charge in [0, 0.05) is 170 Å². The van der Waals surface area contributed by atoms with Gasteiger partial charge >= 0.3 is 25.6 Å². The van der Waals surface area contributed by atoms with Gasteiger partial charge in [0.15, 0.2) is 46.1 Å². The van der Waals surface area contributed by atoms with E-state index >= 15 is 0 Å². The Morgan fingerprint density at radius 2 is 0.820 bits per heavy atom. The number of carbonyl (C=O) groups excluding carboxylic acids is 6. The Kier molecular flexibility index (Phi) is 25.0. The van der Waals surface area contributed by atoms with Crippen LogP contribution >= 0.6 is 0 Å². The van der Waals surface area contributed by atoms with Crippen LogP contribution in [0.3, 0.4) is 0 Å². The van der Waals surface area contributed by atoms with Crippen LogP contribution in [0.2, 0.25) is 0 Å². The van der Waals surface area contributed by atoms with E-state index in [0.717, 1.165) is 135 Å². The number of hydrogen-bond donors (Lipinski definition) is 4. The second-order valence-corrected chi connectivity index (χ2v) is 33.8. The number of anilines is 4. The van der Waals surface area contributed by atoms with Gasteiger partial charge in [-0.3, -0.25) is 28.0 Å². The number of aryl methyl sites for hydroxylation is 2. The zero-order chi connectivity index (χ0) is 88.1. The highest BCUT2D eigenvalue weighted by Gasteiger charge is 2.69. The summed E-state index contributed by atoms with van der Waals surface area (Å²) >= 11 is 0. The lowest BCUT2D eigenvalue weighted by atomic mass is 9.39. The highest BCUT2D eigenvalue weighted by molar-refractivity contribution is 5.97. The molecule has 10 aliphatic rings. The maximum absolute atomic E-state index is 15.0. The van der Waals surface area contributed by atoms with Crippen LogP contribution in [0.4, 0.5) is 84.5 Å². The molecule has 8 heterocycles. The molecule has 40 heteroatoms. The number of carbonyl (C=O) groups is 6. The number of nitrogens with zero attached hydrogens (tertiary/aromatic N) is 12. The molecule has 0 atom stereocenters. The number of alkyl halides is 10. The molecule has 8 aromatic rings. The summed E-state index contributed by atoms with van der Waals surface area (Å²) < 4.78 is 186. The number of imidazole rings is 2. The van der Waals surface area contributed by atoms with Crippen molar-refractivity contribution >= 4 is 69.9 Å². The molecule has 4 aliphatic heterocycles. The minimum atomic E-state index is -5.19. The smallest absolute Gasteiger partial charge is 0.430 e. The fourth-order valence-electron chi connectivity index (χ4n) is 19.3. The van der Waals surface area contributed by atoms with Gasteiger partial charge in [-0.1, -0.05) is 13.8 Å². The number of rotatable bonds is 20. The molecule has 0 spiro atoms. The van der Waals surface area contributed by atoms with Gasteiger partial charge in [-0.2, -0.15) is 52.7 Å². The highest BCUT2D eigenvalue weighted by Crippen LogP contribution is 2.67. The van der Waals surface area contributed by atoms with Crippen molar-refractivity contribution in [2.24, 2.45) is 34.1 Å². The number of quaternary nitrogens is 2. The number of ether oxygens (including phenoxy) is 2. The Balaban J connectivity index is 0.000000182. The number of nitrogens with one attached hydrogen (secondary N) is 2. The number of aromatic nitrogens is 6. The molecule has 4 amide bonds. The van der Waals surface area contributed by atoms with Gasteiger partial charge in [-0.15, -0.1) is 0 Å². The first kappa shape index (κ1) is 88.8. The highest BCUT2D eigenvalue weighted by atomic mass is 19.4. The molecule has 4 aromatic heterocycles. The molecule has 6 aliphatic carbocycles. The van der Waals surface area contributed by atoms with Crippen molar-refractivity contribution in [3.05, 3.63) is 143 Å². The Bertz CT molecular complexity index is 4930. The van der Waals surface area contributed by atoms with E-state index in [0.29, 0.717) is 121 Å². The summed E-state index contributed by atoms with van der Waals surface area (Å²) in [5, 5.41) is 24.0. The van der Waals surface area contributed by atoms with E-state index in [9.17, 15) is 80.6 Å². The number of aliphatic carboxylic acids is 2. The number of hydrogen-bond acceptors (Lipinski definition) is 18. The van der Waals surface area contributed by atoms with Crippen LogP contribution in [0.5, 0.6) is 11.5 Å². The molecule has 122 heavy (non-hydrogen) atoms. The van der Waals surface area contributed by atoms with Crippen LogP contribution in [0, 0.1) is 45.9 Å². The number of piperazine rings is 2. The molecule has 4 aromatic carbocycles. The lowest BCUT2D eigenvalue weighted by Crippen LogP contribution is -2.76. The van der Waals surface area contributed by atoms with Gasteiger partial charge in [0.25, 0.3) is 11.8 Å². The molecule has 6 N–H and O–H groups in total. The summed E-state index contributed by atoms with van der Waals surface area (Å²) in [5.41, 5.74) is 18.4. The van der Waals surface area contributed by atoms with Crippen LogP contribution in [0.1, 0.15) is 110 Å². The summed E-state index contributed by atoms with van der Waals surface area (Å²) in [6.45, 7) is 7.71. The van der Waals surface area contributed by atoms with Crippen molar-refractivity contribution in [3.63, 3.8) is 0 Å². The maximum Gasteiger partial charge on any atom is 0.430 e. The molecule has 4 saturated heterocycles. The van der Waals surface area contributed by atoms with E-state index in [1.807, 2.05) is 45.6 Å². The summed E-state index contributed by atoms with van der Waals surface area (Å²) in [4.78, 5) is 97.2. The molecule has 0 radical (unpaired) electrons. The molecule has 10 fully saturated rings. The molecule has 656 valence electrons. The van der Waals surface area contributed by atoms with Crippen molar-refractivity contribution < 1.29 is 119 Å². The Morgan fingerprint density at radius 3 is 1.11 bits per heavy atom. The number of fused-ring (bicyclic) bond motifs is 2. The predicted molar refractivity (Wildman–Crippen MR) is 409 cm³/mol. The van der Waals surface area contributed by atoms with Crippen LogP contribution in [-0.4, -0.2) is 235 Å². The number of benzene rings is 4. The van der Waals surface area contributed by atoms with Crippen molar-refractivity contribution in [2.75, 3.05) is 116 Å². The average molecular weight is 1730 g/mol. The number of nitrogens with two attached hydrogens (primary N) is 2. The normalized spacial score (nSPS) is 24.7. The van der Waals surface area contributed by atoms with Crippen LogP contribution in [0.25, 0.3) is 33.8 Å². The number of amides is 4. The second-order valence-electron chi connectivity index (χ2n) is 33.8. The van der Waals surface area contributed by atoms with Crippen molar-refractivity contribution in [2.45, 2.75) is 128 Å². The first-order valence-electron chi connectivity index (χ1n) is 39.7. The average Bonchev–Trinajstić information content (AvgIpc) is 0.805. The third-order valence-electron chi connectivity index (χ3n) is 24.7. The van der Waals surface area contributed by atoms with E-state index in [1.54, 1.807) is 24.3 Å². The van der Waals surface area contributed by atoms with Crippen molar-refractivity contribution in [1.29, 1.82) is 0 Å². The van der Waals surface area contributed by atoms with E-state index < -0.39 is 72.3 Å². The quantitative estimate of drug-likeness (QED) is 0.0407. The summed E-state index contributed by atoms with van der Waals surface area (Å²) in [6.07, 6.45) is 9.96. The first-order valence-corrected chi connectivity index (χ1v) is 39.7. The Hall–Kier alpha value is -11.0. The Morgan fingerprint density at radius 1 is 0.500 bits per heavy atom. The molecule has 6 saturated carbocycles. The van der Waals surface area contributed by atoms with Crippen LogP contribution < -0.4 is 41.8 Å². The minimum Gasteiger partial charge on any atom is -0.542 e. The number of carboxylic acids is 2. The molecular formula is C82H90F14N16O10. The number of carboxylic acid groups (broad SMARTS) is 2. The molecule has 26 nitrogen and oxygen atoms in total. The standard InChI is InChI=1S/2C39H44F4N8O3.2C2HF3O2/c2*1-3-24-18-26(47-33-34-46-19-29(50(34)11-10-45-33)28-6-7-30(54-37(42)43)32(41)31(28)40)4-5-27(24)36(53)49-14-12-48(13-15-49)35(52)25-8-16-51(2,17-9-25)23-38-20-39(44,21-38)22-38;2*3-2(4,5)1(6)7/h2*4-7,10-11,18-19,25,37H,3,8-9,12-17,20-23,44H2,1-2H3;2*(H,6,7). The van der Waals surface area contributed by atoms with Crippen molar-refractivity contribution in [3.8, 4) is 34.0 Å². The topological polar surface area (TPSA) is 316 Å². The van der Waals surface area contributed by atoms with Gasteiger partial charge in [0.2, 0.25) is 23.4 Å².